The number of hydrogen-bond donors (Lipinski definition) is 2. The average molecular weight is 282 g/mol. The van der Waals surface area contributed by atoms with Crippen molar-refractivity contribution in [1.82, 2.24) is 0 Å². The van der Waals surface area contributed by atoms with Crippen molar-refractivity contribution >= 4 is 5.97 Å². The fourth-order valence-electron chi connectivity index (χ4n) is 1.51. The largest absolute Gasteiger partial charge is 0.467 e. The van der Waals surface area contributed by atoms with E-state index in [1.54, 1.807) is 0 Å². The Labute approximate surface area is 105 Å². The van der Waals surface area contributed by atoms with Crippen molar-refractivity contribution in [3.8, 4) is 0 Å². The summed E-state index contributed by atoms with van der Waals surface area (Å²) in [5.74, 6) is -2.94. The van der Waals surface area contributed by atoms with E-state index < -0.39 is 41.3 Å². The van der Waals surface area contributed by atoms with Gasteiger partial charge >= 0.3 is 12.1 Å². The minimum Gasteiger partial charge on any atom is -0.467 e. The molecule has 1 aromatic rings. The van der Waals surface area contributed by atoms with Gasteiger partial charge in [-0.15, -0.1) is 0 Å². The number of hydrogen-bond acceptors (Lipinski definition) is 4. The number of carbonyl (C=O) groups is 1. The van der Waals surface area contributed by atoms with Crippen LogP contribution in [0.5, 0.6) is 0 Å². The third-order valence-corrected chi connectivity index (χ3v) is 2.39. The van der Waals surface area contributed by atoms with E-state index in [-0.39, 0.29) is 0 Å². The molecule has 2 unspecified atom stereocenters. The zero-order valence-electron chi connectivity index (χ0n) is 9.61. The highest BCUT2D eigenvalue weighted by Gasteiger charge is 2.40. The number of halogens is 4. The summed E-state index contributed by atoms with van der Waals surface area (Å²) in [6, 6.07) is 2.25. The number of alkyl halides is 3. The van der Waals surface area contributed by atoms with Gasteiger partial charge in [0, 0.05) is 0 Å². The number of esters is 1. The van der Waals surface area contributed by atoms with Crippen LogP contribution in [-0.4, -0.2) is 29.4 Å². The first-order chi connectivity index (χ1) is 8.70. The molecule has 0 fully saturated rings. The molecule has 0 aliphatic carbocycles. The predicted octanol–water partition coefficient (Wildman–Crippen LogP) is 1.41. The average Bonchev–Trinajstić information content (AvgIpc) is 2.34. The van der Waals surface area contributed by atoms with E-state index in [9.17, 15) is 32.6 Å². The van der Waals surface area contributed by atoms with E-state index >= 15 is 0 Å². The van der Waals surface area contributed by atoms with Crippen molar-refractivity contribution in [2.24, 2.45) is 0 Å². The van der Waals surface area contributed by atoms with Crippen LogP contribution in [0.3, 0.4) is 0 Å². The molecule has 106 valence electrons. The van der Waals surface area contributed by atoms with E-state index in [1.807, 2.05) is 0 Å². The molecule has 2 atom stereocenters. The normalized spacial score (nSPS) is 14.9. The maximum Gasteiger partial charge on any atom is 0.419 e. The first-order valence-corrected chi connectivity index (χ1v) is 4.99. The maximum atomic E-state index is 13.2. The highest BCUT2D eigenvalue weighted by Crippen LogP contribution is 2.37. The number of aliphatic hydroxyl groups is 2. The van der Waals surface area contributed by atoms with Crippen molar-refractivity contribution in [3.63, 3.8) is 0 Å². The molecule has 0 bridgehead atoms. The van der Waals surface area contributed by atoms with E-state index in [4.69, 9.17) is 0 Å². The molecular formula is C11H10F4O4. The number of benzene rings is 1. The van der Waals surface area contributed by atoms with Gasteiger partial charge in [-0.25, -0.2) is 9.18 Å². The molecule has 0 spiro atoms. The van der Waals surface area contributed by atoms with Crippen LogP contribution in [0.25, 0.3) is 0 Å². The third-order valence-electron chi connectivity index (χ3n) is 2.39. The van der Waals surface area contributed by atoms with Gasteiger partial charge in [-0.3, -0.25) is 0 Å². The minimum atomic E-state index is -5.07. The third kappa shape index (κ3) is 3.21. The summed E-state index contributed by atoms with van der Waals surface area (Å²) in [4.78, 5) is 11.0. The second kappa shape index (κ2) is 5.54. The van der Waals surface area contributed by atoms with Crippen molar-refractivity contribution in [2.75, 3.05) is 7.11 Å². The molecule has 1 rings (SSSR count). The van der Waals surface area contributed by atoms with Crippen molar-refractivity contribution in [1.29, 1.82) is 0 Å². The van der Waals surface area contributed by atoms with Crippen LogP contribution >= 0.6 is 0 Å². The smallest absolute Gasteiger partial charge is 0.419 e. The summed E-state index contributed by atoms with van der Waals surface area (Å²) >= 11 is 0. The van der Waals surface area contributed by atoms with Gasteiger partial charge in [-0.2, -0.15) is 13.2 Å². The summed E-state index contributed by atoms with van der Waals surface area (Å²) in [6.45, 7) is 0. The highest BCUT2D eigenvalue weighted by atomic mass is 19.4. The van der Waals surface area contributed by atoms with Gasteiger partial charge in [0.2, 0.25) is 0 Å². The molecule has 0 aliphatic heterocycles. The van der Waals surface area contributed by atoms with Gasteiger partial charge in [-0.1, -0.05) is 12.1 Å². The molecular weight excluding hydrogens is 272 g/mol. The monoisotopic (exact) mass is 282 g/mol. The Morgan fingerprint density at radius 1 is 1.32 bits per heavy atom. The van der Waals surface area contributed by atoms with Crippen LogP contribution in [0.2, 0.25) is 0 Å². The Morgan fingerprint density at radius 2 is 1.89 bits per heavy atom. The number of methoxy groups -OCH3 is 1. The van der Waals surface area contributed by atoms with Crippen LogP contribution in [-0.2, 0) is 15.7 Å². The van der Waals surface area contributed by atoms with Crippen LogP contribution < -0.4 is 0 Å². The van der Waals surface area contributed by atoms with Gasteiger partial charge in [0.25, 0.3) is 0 Å². The molecule has 0 aliphatic rings. The molecule has 0 aromatic heterocycles. The fraction of sp³-hybridized carbons (Fsp3) is 0.364. The van der Waals surface area contributed by atoms with Gasteiger partial charge in [0.05, 0.1) is 12.7 Å². The van der Waals surface area contributed by atoms with Gasteiger partial charge in [0.1, 0.15) is 11.9 Å². The summed E-state index contributed by atoms with van der Waals surface area (Å²) in [7, 11) is 0.883. The second-order valence-corrected chi connectivity index (χ2v) is 3.61. The summed E-state index contributed by atoms with van der Waals surface area (Å²) in [5.41, 5.74) is -2.67. The van der Waals surface area contributed by atoms with Gasteiger partial charge in [0.15, 0.2) is 6.10 Å². The number of carbonyl (C=O) groups excluding carboxylic acids is 1. The van der Waals surface area contributed by atoms with Crippen LogP contribution in [0.15, 0.2) is 18.2 Å². The molecule has 19 heavy (non-hydrogen) atoms. The standard InChI is InChI=1S/C11H10F4O4/c1-19-10(18)9(17)8(16)5-3-2-4-6(12)7(5)11(13,14)15/h2-4,8-9,16-17H,1H3. The SMILES string of the molecule is COC(=O)C(O)C(O)c1cccc(F)c1C(F)(F)F. The van der Waals surface area contributed by atoms with E-state index in [1.165, 1.54) is 0 Å². The number of aliphatic hydroxyl groups excluding tert-OH is 2. The zero-order valence-corrected chi connectivity index (χ0v) is 9.61. The second-order valence-electron chi connectivity index (χ2n) is 3.61. The quantitative estimate of drug-likeness (QED) is 0.650. The van der Waals surface area contributed by atoms with Gasteiger partial charge in [-0.05, 0) is 11.6 Å². The Bertz CT molecular complexity index is 472. The lowest BCUT2D eigenvalue weighted by Gasteiger charge is -2.20. The summed E-state index contributed by atoms with van der Waals surface area (Å²) in [5, 5.41) is 18.8. The Hall–Kier alpha value is -1.67. The summed E-state index contributed by atoms with van der Waals surface area (Å²) in [6.07, 6.45) is -9.56. The predicted molar refractivity (Wildman–Crippen MR) is 54.4 cm³/mol. The molecule has 0 radical (unpaired) electrons. The van der Waals surface area contributed by atoms with Crippen molar-refractivity contribution < 1.29 is 37.3 Å². The van der Waals surface area contributed by atoms with Crippen LogP contribution in [0.1, 0.15) is 17.2 Å². The Kier molecular flexibility index (Phi) is 4.48. The van der Waals surface area contributed by atoms with Crippen molar-refractivity contribution in [2.45, 2.75) is 18.4 Å². The molecule has 4 nitrogen and oxygen atoms in total. The molecule has 0 amide bonds. The van der Waals surface area contributed by atoms with E-state index in [2.05, 4.69) is 4.74 Å². The van der Waals surface area contributed by atoms with E-state index in [0.717, 1.165) is 19.2 Å². The summed E-state index contributed by atoms with van der Waals surface area (Å²) < 4.78 is 55.3. The topological polar surface area (TPSA) is 66.8 Å². The maximum absolute atomic E-state index is 13.2. The molecule has 2 N–H and O–H groups in total. The number of rotatable bonds is 3. The zero-order chi connectivity index (χ0) is 14.8. The minimum absolute atomic E-state index is 0.559. The lowest BCUT2D eigenvalue weighted by atomic mass is 9.97. The molecule has 1 aromatic carbocycles. The lowest BCUT2D eigenvalue weighted by molar-refractivity contribution is -0.158. The first-order valence-electron chi connectivity index (χ1n) is 4.99. The molecule has 0 saturated heterocycles. The lowest BCUT2D eigenvalue weighted by Crippen LogP contribution is -2.30. The van der Waals surface area contributed by atoms with Crippen LogP contribution in [0, 0.1) is 5.82 Å². The Balaban J connectivity index is 3.28. The molecule has 0 saturated carbocycles. The van der Waals surface area contributed by atoms with E-state index in [0.29, 0.717) is 6.07 Å². The first kappa shape index (κ1) is 15.4. The molecule has 8 heteroatoms. The van der Waals surface area contributed by atoms with Crippen molar-refractivity contribution in [3.05, 3.63) is 35.1 Å². The van der Waals surface area contributed by atoms with Gasteiger partial charge < -0.3 is 14.9 Å². The highest BCUT2D eigenvalue weighted by molar-refractivity contribution is 5.75. The fourth-order valence-corrected chi connectivity index (χ4v) is 1.51. The van der Waals surface area contributed by atoms with Crippen LogP contribution in [0.4, 0.5) is 17.6 Å². The molecule has 0 heterocycles. The number of ether oxygens (including phenoxy) is 1. The Morgan fingerprint density at radius 3 is 2.37 bits per heavy atom.